The highest BCUT2D eigenvalue weighted by Gasteiger charge is 2.08. The van der Waals surface area contributed by atoms with Gasteiger partial charge in [0, 0.05) is 6.04 Å². The fourth-order valence-corrected chi connectivity index (χ4v) is 1.33. The minimum absolute atomic E-state index is 0.0324. The van der Waals surface area contributed by atoms with Crippen LogP contribution in [-0.4, -0.2) is 12.1 Å². The normalized spacial score (nSPS) is 12.3. The van der Waals surface area contributed by atoms with Crippen LogP contribution >= 0.6 is 0 Å². The molecule has 2 amide bonds. The lowest BCUT2D eigenvalue weighted by Gasteiger charge is -2.16. The first-order valence-electron chi connectivity index (χ1n) is 5.21. The molecule has 0 aliphatic heterocycles. The second kappa shape index (κ2) is 5.39. The first kappa shape index (κ1) is 11.6. The zero-order chi connectivity index (χ0) is 11.3. The van der Waals surface area contributed by atoms with E-state index in [0.29, 0.717) is 0 Å². The quantitative estimate of drug-likeness (QED) is 0.783. The lowest BCUT2D eigenvalue weighted by atomic mass is 10.1. The van der Waals surface area contributed by atoms with Crippen LogP contribution in [0.1, 0.15) is 32.4 Å². The highest BCUT2D eigenvalue weighted by Crippen LogP contribution is 2.10. The van der Waals surface area contributed by atoms with Crippen LogP contribution in [-0.2, 0) is 0 Å². The van der Waals surface area contributed by atoms with E-state index < -0.39 is 0 Å². The summed E-state index contributed by atoms with van der Waals surface area (Å²) >= 11 is 0. The Kier molecular flexibility index (Phi) is 4.16. The summed E-state index contributed by atoms with van der Waals surface area (Å²) in [6, 6.07) is 9.96. The summed E-state index contributed by atoms with van der Waals surface area (Å²) in [5, 5.41) is 5.67. The van der Waals surface area contributed by atoms with Gasteiger partial charge in [-0.25, -0.2) is 4.79 Å². The maximum absolute atomic E-state index is 11.4. The van der Waals surface area contributed by atoms with Gasteiger partial charge >= 0.3 is 6.03 Å². The number of nitrogens with one attached hydrogen (secondary N) is 2. The first-order valence-corrected chi connectivity index (χ1v) is 5.21. The molecule has 3 heteroatoms. The molecule has 1 aromatic rings. The van der Waals surface area contributed by atoms with Crippen molar-refractivity contribution in [3.8, 4) is 0 Å². The Morgan fingerprint density at radius 1 is 1.07 bits per heavy atom. The van der Waals surface area contributed by atoms with Crippen LogP contribution < -0.4 is 10.6 Å². The largest absolute Gasteiger partial charge is 0.336 e. The molecule has 0 bridgehead atoms. The number of amides is 2. The number of rotatable bonds is 3. The Morgan fingerprint density at radius 2 is 1.67 bits per heavy atom. The zero-order valence-electron chi connectivity index (χ0n) is 9.45. The van der Waals surface area contributed by atoms with E-state index in [9.17, 15) is 4.79 Å². The molecule has 1 atom stereocenters. The first-order chi connectivity index (χ1) is 7.09. The number of carbonyl (C=O) groups is 1. The van der Waals surface area contributed by atoms with E-state index in [-0.39, 0.29) is 18.1 Å². The molecule has 1 rings (SSSR count). The van der Waals surface area contributed by atoms with Gasteiger partial charge in [0.1, 0.15) is 0 Å². The van der Waals surface area contributed by atoms with Gasteiger partial charge in [-0.2, -0.15) is 0 Å². The highest BCUT2D eigenvalue weighted by atomic mass is 16.2. The van der Waals surface area contributed by atoms with Crippen molar-refractivity contribution in [1.29, 1.82) is 0 Å². The van der Waals surface area contributed by atoms with Crippen molar-refractivity contribution >= 4 is 6.03 Å². The minimum atomic E-state index is -0.124. The Labute approximate surface area is 90.9 Å². The van der Waals surface area contributed by atoms with Crippen LogP contribution in [0.25, 0.3) is 0 Å². The van der Waals surface area contributed by atoms with E-state index in [2.05, 4.69) is 10.6 Å². The second-order valence-corrected chi connectivity index (χ2v) is 3.90. The molecule has 82 valence electrons. The fraction of sp³-hybridized carbons (Fsp3) is 0.417. The van der Waals surface area contributed by atoms with Crippen molar-refractivity contribution in [2.24, 2.45) is 0 Å². The molecule has 0 radical (unpaired) electrons. The maximum Gasteiger partial charge on any atom is 0.315 e. The van der Waals surface area contributed by atoms with E-state index >= 15 is 0 Å². The maximum atomic E-state index is 11.4. The van der Waals surface area contributed by atoms with Gasteiger partial charge in [-0.3, -0.25) is 0 Å². The average molecular weight is 206 g/mol. The Hall–Kier alpha value is -1.51. The van der Waals surface area contributed by atoms with Gasteiger partial charge in [-0.1, -0.05) is 30.3 Å². The van der Waals surface area contributed by atoms with Crippen LogP contribution in [0.3, 0.4) is 0 Å². The fourth-order valence-electron chi connectivity index (χ4n) is 1.33. The lowest BCUT2D eigenvalue weighted by molar-refractivity contribution is 0.235. The monoisotopic (exact) mass is 206 g/mol. The summed E-state index contributed by atoms with van der Waals surface area (Å²) in [5.74, 6) is 0. The summed E-state index contributed by atoms with van der Waals surface area (Å²) in [5.41, 5.74) is 1.11. The van der Waals surface area contributed by atoms with Crippen molar-refractivity contribution in [3.05, 3.63) is 35.9 Å². The molecule has 3 nitrogen and oxygen atoms in total. The van der Waals surface area contributed by atoms with Crippen molar-refractivity contribution in [1.82, 2.24) is 10.6 Å². The number of urea groups is 1. The van der Waals surface area contributed by atoms with E-state index in [0.717, 1.165) is 5.56 Å². The van der Waals surface area contributed by atoms with Gasteiger partial charge in [-0.15, -0.1) is 0 Å². The molecule has 0 fully saturated rings. The van der Waals surface area contributed by atoms with Gasteiger partial charge in [-0.05, 0) is 26.3 Å². The third-order valence-electron chi connectivity index (χ3n) is 2.07. The summed E-state index contributed by atoms with van der Waals surface area (Å²) in [7, 11) is 0. The van der Waals surface area contributed by atoms with Crippen LogP contribution in [0, 0.1) is 0 Å². The van der Waals surface area contributed by atoms with E-state index in [4.69, 9.17) is 0 Å². The molecule has 0 heterocycles. The number of hydrogen-bond donors (Lipinski definition) is 2. The van der Waals surface area contributed by atoms with Crippen LogP contribution in [0.5, 0.6) is 0 Å². The molecule has 0 aliphatic carbocycles. The Morgan fingerprint density at radius 3 is 2.20 bits per heavy atom. The van der Waals surface area contributed by atoms with Crippen molar-refractivity contribution in [2.45, 2.75) is 32.9 Å². The SMILES string of the molecule is CC(C)NC(=O)N[C@@H](C)c1ccccc1. The highest BCUT2D eigenvalue weighted by molar-refractivity contribution is 5.74. The standard InChI is InChI=1S/C12H18N2O/c1-9(2)13-12(15)14-10(3)11-7-5-4-6-8-11/h4-10H,1-3H3,(H2,13,14,15)/t10-/m0/s1. The summed E-state index contributed by atoms with van der Waals surface area (Å²) in [6.07, 6.45) is 0. The van der Waals surface area contributed by atoms with Crippen LogP contribution in [0.15, 0.2) is 30.3 Å². The van der Waals surface area contributed by atoms with Crippen molar-refractivity contribution in [3.63, 3.8) is 0 Å². The predicted molar refractivity (Wildman–Crippen MR) is 61.7 cm³/mol. The molecule has 0 aromatic heterocycles. The molecule has 0 saturated carbocycles. The minimum Gasteiger partial charge on any atom is -0.336 e. The van der Waals surface area contributed by atoms with E-state index in [1.54, 1.807) is 0 Å². The molecule has 2 N–H and O–H groups in total. The molecule has 15 heavy (non-hydrogen) atoms. The second-order valence-electron chi connectivity index (χ2n) is 3.90. The molecule has 1 aromatic carbocycles. The topological polar surface area (TPSA) is 41.1 Å². The van der Waals surface area contributed by atoms with Crippen molar-refractivity contribution < 1.29 is 4.79 Å². The third-order valence-corrected chi connectivity index (χ3v) is 2.07. The van der Waals surface area contributed by atoms with E-state index in [1.807, 2.05) is 51.1 Å². The zero-order valence-corrected chi connectivity index (χ0v) is 9.45. The number of benzene rings is 1. The van der Waals surface area contributed by atoms with E-state index in [1.165, 1.54) is 0 Å². The van der Waals surface area contributed by atoms with Gasteiger partial charge in [0.25, 0.3) is 0 Å². The Bertz CT molecular complexity index is 309. The number of hydrogen-bond acceptors (Lipinski definition) is 1. The van der Waals surface area contributed by atoms with Crippen LogP contribution in [0.2, 0.25) is 0 Å². The van der Waals surface area contributed by atoms with Gasteiger partial charge in [0.15, 0.2) is 0 Å². The number of carbonyl (C=O) groups excluding carboxylic acids is 1. The lowest BCUT2D eigenvalue weighted by Crippen LogP contribution is -2.40. The summed E-state index contributed by atoms with van der Waals surface area (Å²) in [4.78, 5) is 11.4. The molecule has 0 saturated heterocycles. The molecule has 0 unspecified atom stereocenters. The summed E-state index contributed by atoms with van der Waals surface area (Å²) < 4.78 is 0. The Balaban J connectivity index is 2.49. The molecule has 0 aliphatic rings. The van der Waals surface area contributed by atoms with Crippen molar-refractivity contribution in [2.75, 3.05) is 0 Å². The van der Waals surface area contributed by atoms with Gasteiger partial charge in [0.05, 0.1) is 6.04 Å². The summed E-state index contributed by atoms with van der Waals surface area (Å²) in [6.45, 7) is 5.84. The van der Waals surface area contributed by atoms with Gasteiger partial charge in [0.2, 0.25) is 0 Å². The average Bonchev–Trinajstić information content (AvgIpc) is 2.17. The smallest absolute Gasteiger partial charge is 0.315 e. The molecular formula is C12H18N2O. The predicted octanol–water partition coefficient (Wildman–Crippen LogP) is 2.46. The molecular weight excluding hydrogens is 188 g/mol. The third kappa shape index (κ3) is 4.02. The van der Waals surface area contributed by atoms with Gasteiger partial charge < -0.3 is 10.6 Å². The van der Waals surface area contributed by atoms with Crippen LogP contribution in [0.4, 0.5) is 4.79 Å². The molecule has 0 spiro atoms.